The Kier molecular flexibility index (Phi) is 4.67. The minimum atomic E-state index is -0.413. The third-order valence-electron chi connectivity index (χ3n) is 3.80. The van der Waals surface area contributed by atoms with E-state index in [9.17, 15) is 9.18 Å². The molecule has 4 rings (SSSR count). The van der Waals surface area contributed by atoms with Crippen molar-refractivity contribution < 1.29 is 9.18 Å². The van der Waals surface area contributed by atoms with E-state index in [1.807, 2.05) is 0 Å². The van der Waals surface area contributed by atoms with Crippen molar-refractivity contribution in [1.29, 1.82) is 0 Å². The second-order valence-electron chi connectivity index (χ2n) is 5.56. The van der Waals surface area contributed by atoms with Crippen LogP contribution in [-0.4, -0.2) is 30.2 Å². The quantitative estimate of drug-likeness (QED) is 0.545. The van der Waals surface area contributed by atoms with Gasteiger partial charge in [-0.15, -0.1) is 11.3 Å². The molecule has 1 aromatic carbocycles. The number of carbonyl (C=O) groups is 1. The minimum Gasteiger partial charge on any atom is -0.319 e. The molecule has 4 aromatic rings. The van der Waals surface area contributed by atoms with Gasteiger partial charge in [0.05, 0.1) is 6.54 Å². The number of thiazole rings is 1. The molecule has 7 nitrogen and oxygen atoms in total. The summed E-state index contributed by atoms with van der Waals surface area (Å²) in [5, 5.41) is 5.80. The highest BCUT2D eigenvalue weighted by molar-refractivity contribution is 7.07. The SMILES string of the molecule is O=C(N=c1sccn1Cc1ccccc1F)c1ccnc(-n2cncn2)c1. The van der Waals surface area contributed by atoms with Crippen molar-refractivity contribution in [3.8, 4) is 5.82 Å². The Balaban J connectivity index is 1.63. The molecule has 9 heteroatoms. The fourth-order valence-electron chi connectivity index (χ4n) is 2.47. The number of amides is 1. The summed E-state index contributed by atoms with van der Waals surface area (Å²) in [6.07, 6.45) is 6.17. The summed E-state index contributed by atoms with van der Waals surface area (Å²) in [4.78, 5) is 25.3. The summed E-state index contributed by atoms with van der Waals surface area (Å²) >= 11 is 1.31. The van der Waals surface area contributed by atoms with E-state index >= 15 is 0 Å². The van der Waals surface area contributed by atoms with Crippen LogP contribution in [0.3, 0.4) is 0 Å². The van der Waals surface area contributed by atoms with Gasteiger partial charge in [0, 0.05) is 28.9 Å². The van der Waals surface area contributed by atoms with Gasteiger partial charge in [-0.3, -0.25) is 4.79 Å². The van der Waals surface area contributed by atoms with Crippen LogP contribution in [0.2, 0.25) is 0 Å². The van der Waals surface area contributed by atoms with Crippen LogP contribution in [-0.2, 0) is 6.54 Å². The maximum Gasteiger partial charge on any atom is 0.279 e. The number of pyridine rings is 1. The molecule has 0 radical (unpaired) electrons. The zero-order chi connectivity index (χ0) is 18.6. The Morgan fingerprint density at radius 3 is 2.96 bits per heavy atom. The highest BCUT2D eigenvalue weighted by atomic mass is 32.1. The van der Waals surface area contributed by atoms with Crippen LogP contribution < -0.4 is 4.80 Å². The molecular formula is C18H13FN6OS. The summed E-state index contributed by atoms with van der Waals surface area (Å²) in [7, 11) is 0. The molecule has 0 bridgehead atoms. The fourth-order valence-corrected chi connectivity index (χ4v) is 3.20. The first-order valence-electron chi connectivity index (χ1n) is 7.98. The van der Waals surface area contributed by atoms with Gasteiger partial charge >= 0.3 is 0 Å². The number of carbonyl (C=O) groups excluding carboxylic acids is 1. The van der Waals surface area contributed by atoms with Gasteiger partial charge in [0.15, 0.2) is 10.6 Å². The van der Waals surface area contributed by atoms with E-state index in [-0.39, 0.29) is 5.82 Å². The molecule has 134 valence electrons. The first-order chi connectivity index (χ1) is 13.2. The molecule has 27 heavy (non-hydrogen) atoms. The summed E-state index contributed by atoms with van der Waals surface area (Å²) in [6.45, 7) is 0.294. The standard InChI is InChI=1S/C18H13FN6OS/c19-15-4-2-1-3-14(15)10-24-7-8-27-18(24)23-17(26)13-5-6-21-16(9-13)25-12-20-11-22-25/h1-9,11-12H,10H2. The molecule has 0 unspecified atom stereocenters. The van der Waals surface area contributed by atoms with Gasteiger partial charge in [0.1, 0.15) is 18.5 Å². The molecule has 0 fully saturated rings. The monoisotopic (exact) mass is 380 g/mol. The van der Waals surface area contributed by atoms with Crippen molar-refractivity contribution in [2.45, 2.75) is 6.54 Å². The van der Waals surface area contributed by atoms with Crippen molar-refractivity contribution in [2.75, 3.05) is 0 Å². The van der Waals surface area contributed by atoms with Crippen molar-refractivity contribution >= 4 is 17.2 Å². The van der Waals surface area contributed by atoms with Gasteiger partial charge in [-0.1, -0.05) is 18.2 Å². The zero-order valence-corrected chi connectivity index (χ0v) is 14.8. The van der Waals surface area contributed by atoms with Crippen LogP contribution in [0.4, 0.5) is 4.39 Å². The smallest absolute Gasteiger partial charge is 0.279 e. The number of halogens is 1. The minimum absolute atomic E-state index is 0.292. The lowest BCUT2D eigenvalue weighted by atomic mass is 10.2. The lowest BCUT2D eigenvalue weighted by Crippen LogP contribution is -2.17. The van der Waals surface area contributed by atoms with Crippen molar-refractivity contribution in [2.24, 2.45) is 4.99 Å². The molecule has 0 aliphatic carbocycles. The van der Waals surface area contributed by atoms with Crippen LogP contribution in [0.25, 0.3) is 5.82 Å². The maximum absolute atomic E-state index is 13.9. The molecule has 0 N–H and O–H groups in total. The molecular weight excluding hydrogens is 367 g/mol. The second kappa shape index (κ2) is 7.42. The van der Waals surface area contributed by atoms with Crippen LogP contribution in [0.15, 0.2) is 71.8 Å². The number of benzene rings is 1. The number of hydrogen-bond acceptors (Lipinski definition) is 5. The van der Waals surface area contributed by atoms with Gasteiger partial charge in [0.2, 0.25) is 0 Å². The first-order valence-corrected chi connectivity index (χ1v) is 8.86. The Bertz CT molecular complexity index is 1150. The number of hydrogen-bond donors (Lipinski definition) is 0. The molecule has 0 saturated heterocycles. The predicted molar refractivity (Wildman–Crippen MR) is 96.9 cm³/mol. The van der Waals surface area contributed by atoms with E-state index in [1.165, 1.54) is 40.9 Å². The second-order valence-corrected chi connectivity index (χ2v) is 6.44. The van der Waals surface area contributed by atoms with Crippen molar-refractivity contribution in [3.05, 3.63) is 88.6 Å². The summed E-state index contributed by atoms with van der Waals surface area (Å²) in [5.74, 6) is -0.234. The summed E-state index contributed by atoms with van der Waals surface area (Å²) in [6, 6.07) is 9.71. The third kappa shape index (κ3) is 3.72. The van der Waals surface area contributed by atoms with Gasteiger partial charge in [-0.2, -0.15) is 10.1 Å². The number of rotatable bonds is 4. The zero-order valence-electron chi connectivity index (χ0n) is 13.9. The summed E-state index contributed by atoms with van der Waals surface area (Å²) < 4.78 is 17.1. The third-order valence-corrected chi connectivity index (χ3v) is 4.60. The summed E-state index contributed by atoms with van der Waals surface area (Å²) in [5.41, 5.74) is 0.906. The highest BCUT2D eigenvalue weighted by Crippen LogP contribution is 2.09. The Morgan fingerprint density at radius 1 is 1.26 bits per heavy atom. The lowest BCUT2D eigenvalue weighted by molar-refractivity contribution is 0.0997. The van der Waals surface area contributed by atoms with Crippen molar-refractivity contribution in [1.82, 2.24) is 24.3 Å². The average molecular weight is 380 g/mol. The molecule has 0 aliphatic heterocycles. The molecule has 1 amide bonds. The van der Waals surface area contributed by atoms with Crippen LogP contribution in [0.5, 0.6) is 0 Å². The van der Waals surface area contributed by atoms with Gasteiger partial charge < -0.3 is 4.57 Å². The Hall–Kier alpha value is -3.46. The highest BCUT2D eigenvalue weighted by Gasteiger charge is 2.09. The van der Waals surface area contributed by atoms with E-state index < -0.39 is 5.91 Å². The Morgan fingerprint density at radius 2 is 2.15 bits per heavy atom. The van der Waals surface area contributed by atoms with E-state index in [4.69, 9.17) is 0 Å². The largest absolute Gasteiger partial charge is 0.319 e. The van der Waals surface area contributed by atoms with Crippen molar-refractivity contribution in [3.63, 3.8) is 0 Å². The van der Waals surface area contributed by atoms with E-state index in [1.54, 1.807) is 46.5 Å². The molecule has 3 aromatic heterocycles. The van der Waals surface area contributed by atoms with Crippen LogP contribution in [0.1, 0.15) is 15.9 Å². The topological polar surface area (TPSA) is 78.0 Å². The van der Waals surface area contributed by atoms with Crippen LogP contribution >= 0.6 is 11.3 Å². The van der Waals surface area contributed by atoms with Gasteiger partial charge in [-0.05, 0) is 18.2 Å². The van der Waals surface area contributed by atoms with E-state index in [0.29, 0.717) is 28.3 Å². The number of aromatic nitrogens is 5. The van der Waals surface area contributed by atoms with E-state index in [2.05, 4.69) is 20.1 Å². The molecule has 0 saturated carbocycles. The maximum atomic E-state index is 13.9. The molecule has 0 atom stereocenters. The van der Waals surface area contributed by atoms with Crippen LogP contribution in [0, 0.1) is 5.82 Å². The fraction of sp³-hybridized carbons (Fsp3) is 0.0556. The number of nitrogens with zero attached hydrogens (tertiary/aromatic N) is 6. The van der Waals surface area contributed by atoms with Gasteiger partial charge in [-0.25, -0.2) is 19.0 Å². The predicted octanol–water partition coefficient (Wildman–Crippen LogP) is 2.45. The van der Waals surface area contributed by atoms with E-state index in [0.717, 1.165) is 0 Å². The lowest BCUT2D eigenvalue weighted by Gasteiger charge is -2.04. The van der Waals surface area contributed by atoms with Gasteiger partial charge in [0.25, 0.3) is 5.91 Å². The first kappa shape index (κ1) is 17.0. The molecule has 0 spiro atoms. The molecule has 0 aliphatic rings. The normalized spacial score (nSPS) is 11.7. The Labute approximate surface area is 157 Å². The molecule has 3 heterocycles. The average Bonchev–Trinajstić information content (AvgIpc) is 3.36.